The van der Waals surface area contributed by atoms with Gasteiger partial charge in [-0.05, 0) is 24.3 Å². The van der Waals surface area contributed by atoms with Gasteiger partial charge in [-0.15, -0.1) is 11.3 Å². The van der Waals surface area contributed by atoms with E-state index in [9.17, 15) is 8.42 Å². The summed E-state index contributed by atoms with van der Waals surface area (Å²) in [6, 6.07) is 3.45. The third-order valence-electron chi connectivity index (χ3n) is 2.77. The largest absolute Gasteiger partial charge is 0.396 e. The van der Waals surface area contributed by atoms with E-state index in [4.69, 9.17) is 5.11 Å². The Morgan fingerprint density at radius 2 is 2.11 bits per heavy atom. The third kappa shape index (κ3) is 3.27. The molecule has 2 rings (SSSR count). The zero-order valence-corrected chi connectivity index (χ0v) is 12.5. The van der Waals surface area contributed by atoms with Gasteiger partial charge in [-0.2, -0.15) is 16.1 Å². The first-order valence-corrected chi connectivity index (χ1v) is 9.33. The first-order valence-electron chi connectivity index (χ1n) is 5.92. The molecule has 1 aromatic heterocycles. The van der Waals surface area contributed by atoms with Crippen molar-refractivity contribution in [2.75, 3.05) is 31.2 Å². The molecule has 1 saturated heterocycles. The first kappa shape index (κ1) is 14.3. The van der Waals surface area contributed by atoms with Gasteiger partial charge in [0.15, 0.2) is 0 Å². The highest BCUT2D eigenvalue weighted by atomic mass is 32.2. The molecule has 102 valence electrons. The van der Waals surface area contributed by atoms with Crippen LogP contribution < -0.4 is 0 Å². The van der Waals surface area contributed by atoms with Crippen molar-refractivity contribution in [3.05, 3.63) is 17.0 Å². The summed E-state index contributed by atoms with van der Waals surface area (Å²) in [4.78, 5) is 0.917. The van der Waals surface area contributed by atoms with Crippen LogP contribution in [-0.2, 0) is 16.4 Å². The number of hydrogen-bond acceptors (Lipinski definition) is 5. The minimum atomic E-state index is -3.33. The molecule has 7 heteroatoms. The number of nitrogens with zero attached hydrogens (tertiary/aromatic N) is 1. The average molecular weight is 307 g/mol. The molecule has 0 amide bonds. The summed E-state index contributed by atoms with van der Waals surface area (Å²) in [6.45, 7) is 1.27. The molecule has 1 aromatic rings. The quantitative estimate of drug-likeness (QED) is 0.914. The summed E-state index contributed by atoms with van der Waals surface area (Å²) in [5, 5.41) is 8.86. The summed E-state index contributed by atoms with van der Waals surface area (Å²) < 4.78 is 26.8. The number of thioether (sulfide) groups is 1. The lowest BCUT2D eigenvalue weighted by Gasteiger charge is -2.18. The van der Waals surface area contributed by atoms with E-state index in [1.807, 2.05) is 11.8 Å². The van der Waals surface area contributed by atoms with Crippen molar-refractivity contribution in [3.8, 4) is 0 Å². The van der Waals surface area contributed by atoms with Gasteiger partial charge in [-0.25, -0.2) is 8.42 Å². The molecule has 0 radical (unpaired) electrons. The van der Waals surface area contributed by atoms with E-state index in [0.29, 0.717) is 23.7 Å². The molecule has 1 aliphatic rings. The van der Waals surface area contributed by atoms with Gasteiger partial charge in [0.25, 0.3) is 10.0 Å². The Hall–Kier alpha value is -0.0800. The maximum absolute atomic E-state index is 12.4. The molecule has 0 bridgehead atoms. The van der Waals surface area contributed by atoms with Gasteiger partial charge in [-0.1, -0.05) is 0 Å². The van der Waals surface area contributed by atoms with Gasteiger partial charge in [-0.3, -0.25) is 0 Å². The maximum Gasteiger partial charge on any atom is 0.252 e. The van der Waals surface area contributed by atoms with Gasteiger partial charge in [0.1, 0.15) is 4.21 Å². The monoisotopic (exact) mass is 307 g/mol. The van der Waals surface area contributed by atoms with E-state index in [-0.39, 0.29) is 6.61 Å². The summed E-state index contributed by atoms with van der Waals surface area (Å²) in [5.74, 6) is 1.90. The molecule has 0 spiro atoms. The molecule has 0 aliphatic carbocycles. The molecule has 18 heavy (non-hydrogen) atoms. The molecule has 2 heterocycles. The predicted molar refractivity (Wildman–Crippen MR) is 75.8 cm³/mol. The molecule has 0 unspecified atom stereocenters. The molecular formula is C11H17NO3S3. The molecule has 1 N–H and O–H groups in total. The Labute approximate surface area is 116 Å². The lowest BCUT2D eigenvalue weighted by molar-refractivity contribution is 0.300. The SMILES string of the molecule is O=S(=O)(c1ccc(CCO)s1)N1CCCSCC1. The smallest absolute Gasteiger partial charge is 0.252 e. The number of rotatable bonds is 4. The van der Waals surface area contributed by atoms with E-state index >= 15 is 0 Å². The maximum atomic E-state index is 12.4. The van der Waals surface area contributed by atoms with E-state index < -0.39 is 10.0 Å². The van der Waals surface area contributed by atoms with Crippen LogP contribution in [0.15, 0.2) is 16.3 Å². The minimum Gasteiger partial charge on any atom is -0.396 e. The second-order valence-corrected chi connectivity index (χ2v) is 8.62. The van der Waals surface area contributed by atoms with Gasteiger partial charge < -0.3 is 5.11 Å². The highest BCUT2D eigenvalue weighted by Gasteiger charge is 2.26. The molecular weight excluding hydrogens is 290 g/mol. The molecule has 0 atom stereocenters. The summed E-state index contributed by atoms with van der Waals surface area (Å²) in [7, 11) is -3.33. The average Bonchev–Trinajstić information content (AvgIpc) is 2.65. The fourth-order valence-electron chi connectivity index (χ4n) is 1.83. The number of aliphatic hydroxyl groups excluding tert-OH is 1. The van der Waals surface area contributed by atoms with Crippen LogP contribution in [0.4, 0.5) is 0 Å². The molecule has 1 fully saturated rings. The second kappa shape index (κ2) is 6.38. The fourth-order valence-corrected chi connectivity index (χ4v) is 5.81. The van der Waals surface area contributed by atoms with Gasteiger partial charge in [0.2, 0.25) is 0 Å². The van der Waals surface area contributed by atoms with Crippen molar-refractivity contribution in [2.24, 2.45) is 0 Å². The Morgan fingerprint density at radius 3 is 2.89 bits per heavy atom. The van der Waals surface area contributed by atoms with Crippen LogP contribution in [0.1, 0.15) is 11.3 Å². The number of hydrogen-bond donors (Lipinski definition) is 1. The summed E-state index contributed by atoms with van der Waals surface area (Å²) in [5.41, 5.74) is 0. The lowest BCUT2D eigenvalue weighted by Crippen LogP contribution is -2.32. The summed E-state index contributed by atoms with van der Waals surface area (Å²) >= 11 is 3.08. The van der Waals surface area contributed by atoms with Crippen LogP contribution >= 0.6 is 23.1 Å². The lowest BCUT2D eigenvalue weighted by atomic mass is 10.4. The van der Waals surface area contributed by atoms with Crippen molar-refractivity contribution in [1.82, 2.24) is 4.31 Å². The first-order chi connectivity index (χ1) is 8.64. The van der Waals surface area contributed by atoms with E-state index in [1.54, 1.807) is 16.4 Å². The normalized spacial score (nSPS) is 18.7. The van der Waals surface area contributed by atoms with Gasteiger partial charge >= 0.3 is 0 Å². The molecule has 1 aliphatic heterocycles. The minimum absolute atomic E-state index is 0.0559. The van der Waals surface area contributed by atoms with E-state index in [0.717, 1.165) is 22.8 Å². The molecule has 0 saturated carbocycles. The number of sulfonamides is 1. The van der Waals surface area contributed by atoms with E-state index in [2.05, 4.69) is 0 Å². The summed E-state index contributed by atoms with van der Waals surface area (Å²) in [6.07, 6.45) is 1.44. The van der Waals surface area contributed by atoms with Crippen LogP contribution in [0.2, 0.25) is 0 Å². The van der Waals surface area contributed by atoms with Crippen LogP contribution in [0, 0.1) is 0 Å². The zero-order chi connectivity index (χ0) is 13.0. The van der Waals surface area contributed by atoms with Crippen molar-refractivity contribution >= 4 is 33.1 Å². The van der Waals surface area contributed by atoms with Crippen LogP contribution in [0.25, 0.3) is 0 Å². The van der Waals surface area contributed by atoms with E-state index in [1.165, 1.54) is 11.3 Å². The Bertz CT molecular complexity index is 475. The zero-order valence-electron chi connectivity index (χ0n) is 10.0. The topological polar surface area (TPSA) is 57.6 Å². The van der Waals surface area contributed by atoms with Gasteiger partial charge in [0.05, 0.1) is 0 Å². The van der Waals surface area contributed by atoms with Crippen molar-refractivity contribution in [2.45, 2.75) is 17.1 Å². The number of thiophene rings is 1. The Morgan fingerprint density at radius 1 is 1.28 bits per heavy atom. The van der Waals surface area contributed by atoms with Crippen LogP contribution in [0.3, 0.4) is 0 Å². The standard InChI is InChI=1S/C11H17NO3S3/c13-7-4-10-2-3-11(17-10)18(14,15)12-5-1-8-16-9-6-12/h2-3,13H,1,4-9H2. The Balaban J connectivity index is 2.17. The second-order valence-electron chi connectivity index (χ2n) is 4.06. The van der Waals surface area contributed by atoms with Crippen molar-refractivity contribution in [3.63, 3.8) is 0 Å². The molecule has 0 aromatic carbocycles. The van der Waals surface area contributed by atoms with Crippen LogP contribution in [-0.4, -0.2) is 49.0 Å². The highest BCUT2D eigenvalue weighted by molar-refractivity contribution is 7.99. The van der Waals surface area contributed by atoms with Gasteiger partial charge in [0, 0.05) is 36.7 Å². The highest BCUT2D eigenvalue weighted by Crippen LogP contribution is 2.26. The van der Waals surface area contributed by atoms with Crippen LogP contribution in [0.5, 0.6) is 0 Å². The number of aliphatic hydroxyl groups is 1. The Kier molecular flexibility index (Phi) is 5.08. The predicted octanol–water partition coefficient (Wildman–Crippen LogP) is 1.41. The fraction of sp³-hybridized carbons (Fsp3) is 0.636. The third-order valence-corrected chi connectivity index (χ3v) is 7.33. The van der Waals surface area contributed by atoms with Crippen molar-refractivity contribution < 1.29 is 13.5 Å². The molecule has 4 nitrogen and oxygen atoms in total. The van der Waals surface area contributed by atoms with Crippen molar-refractivity contribution in [1.29, 1.82) is 0 Å².